The van der Waals surface area contributed by atoms with Crippen molar-refractivity contribution in [2.24, 2.45) is 5.92 Å². The van der Waals surface area contributed by atoms with Crippen LogP contribution in [0.1, 0.15) is 50.8 Å². The van der Waals surface area contributed by atoms with Crippen molar-refractivity contribution in [3.05, 3.63) is 65.4 Å². The van der Waals surface area contributed by atoms with Crippen molar-refractivity contribution in [2.45, 2.75) is 56.3 Å². The Morgan fingerprint density at radius 1 is 0.971 bits per heavy atom. The molecule has 2 heterocycles. The van der Waals surface area contributed by atoms with E-state index in [0.29, 0.717) is 36.2 Å². The summed E-state index contributed by atoms with van der Waals surface area (Å²) in [5.74, 6) is -2.47. The van der Waals surface area contributed by atoms with Crippen molar-refractivity contribution in [1.82, 2.24) is 9.78 Å². The van der Waals surface area contributed by atoms with Crippen molar-refractivity contribution in [2.75, 3.05) is 4.31 Å². The number of alkyl halides is 3. The van der Waals surface area contributed by atoms with Crippen LogP contribution in [0.15, 0.2) is 47.5 Å². The first-order valence-electron chi connectivity index (χ1n) is 11.0. The van der Waals surface area contributed by atoms with Gasteiger partial charge in [0, 0.05) is 17.2 Å². The van der Waals surface area contributed by atoms with Crippen LogP contribution in [0, 0.1) is 17.6 Å². The van der Waals surface area contributed by atoms with Gasteiger partial charge in [-0.15, -0.1) is 0 Å². The molecular weight excluding hydrogens is 489 g/mol. The molecule has 0 amide bonds. The normalized spacial score (nSPS) is 18.4. The van der Waals surface area contributed by atoms with E-state index in [1.54, 1.807) is 10.9 Å². The van der Waals surface area contributed by atoms with Crippen molar-refractivity contribution >= 4 is 15.7 Å². The number of hydrogen-bond donors (Lipinski definition) is 0. The van der Waals surface area contributed by atoms with Crippen LogP contribution in [0.25, 0.3) is 11.3 Å². The van der Waals surface area contributed by atoms with Gasteiger partial charge in [0.15, 0.2) is 11.6 Å². The molecule has 35 heavy (non-hydrogen) atoms. The fourth-order valence-corrected chi connectivity index (χ4v) is 6.31. The lowest BCUT2D eigenvalue weighted by Crippen LogP contribution is -2.39. The van der Waals surface area contributed by atoms with E-state index in [4.69, 9.17) is 0 Å². The third-order valence-corrected chi connectivity index (χ3v) is 8.15. The van der Waals surface area contributed by atoms with Gasteiger partial charge in [-0.05, 0) is 69.9 Å². The fourth-order valence-electron chi connectivity index (χ4n) is 4.61. The van der Waals surface area contributed by atoms with Gasteiger partial charge < -0.3 is 0 Å². The first kappa shape index (κ1) is 23.8. The van der Waals surface area contributed by atoms with E-state index in [2.05, 4.69) is 5.10 Å². The molecule has 5 nitrogen and oxygen atoms in total. The number of halogens is 5. The van der Waals surface area contributed by atoms with E-state index in [1.165, 1.54) is 0 Å². The molecule has 11 heteroatoms. The molecule has 1 aliphatic heterocycles. The van der Waals surface area contributed by atoms with Gasteiger partial charge in [-0.3, -0.25) is 8.99 Å². The van der Waals surface area contributed by atoms with E-state index >= 15 is 0 Å². The number of sulfonamides is 1. The van der Waals surface area contributed by atoms with Gasteiger partial charge in [-0.1, -0.05) is 0 Å². The van der Waals surface area contributed by atoms with Gasteiger partial charge in [0.2, 0.25) is 0 Å². The van der Waals surface area contributed by atoms with Crippen molar-refractivity contribution in [3.8, 4) is 11.3 Å². The second kappa shape index (κ2) is 7.52. The maximum absolute atomic E-state index is 14.5. The largest absolute Gasteiger partial charge is 0.416 e. The maximum atomic E-state index is 14.5. The molecule has 1 aromatic heterocycles. The monoisotopic (exact) mass is 511 g/mol. The minimum Gasteiger partial charge on any atom is -0.259 e. The first-order valence-corrected chi connectivity index (χ1v) is 12.4. The van der Waals surface area contributed by atoms with Gasteiger partial charge >= 0.3 is 6.18 Å². The number of benzene rings is 2. The average Bonchev–Trinajstić information content (AvgIpc) is 3.49. The summed E-state index contributed by atoms with van der Waals surface area (Å²) < 4.78 is 98.5. The molecule has 186 valence electrons. The Labute approximate surface area is 199 Å². The number of rotatable bonds is 3. The van der Waals surface area contributed by atoms with Crippen molar-refractivity contribution in [1.29, 1.82) is 0 Å². The summed E-state index contributed by atoms with van der Waals surface area (Å²) in [5, 5.41) is 4.46. The predicted molar refractivity (Wildman–Crippen MR) is 119 cm³/mol. The third-order valence-electron chi connectivity index (χ3n) is 6.34. The van der Waals surface area contributed by atoms with Crippen molar-refractivity contribution in [3.63, 3.8) is 0 Å². The summed E-state index contributed by atoms with van der Waals surface area (Å²) in [6, 6.07) is 4.18. The standard InChI is InChI=1S/C24H22F5N3O2S/c1-23(2,3)32-22-16-10-18(25)19(26)11-20(16)31(21(13-4-5-13)17(22)12-30-32)35(33,34)15-8-6-14(7-9-15)24(27,28)29/h6-13,21H,4-5H2,1-3H3. The van der Waals surface area contributed by atoms with Gasteiger partial charge in [0.05, 0.1) is 39.6 Å². The Balaban J connectivity index is 1.75. The number of nitrogens with zero attached hydrogens (tertiary/aromatic N) is 3. The van der Waals surface area contributed by atoms with Gasteiger partial charge in [0.1, 0.15) is 0 Å². The molecule has 1 unspecified atom stereocenters. The first-order chi connectivity index (χ1) is 16.2. The fraction of sp³-hybridized carbons (Fsp3) is 0.375. The molecule has 0 radical (unpaired) electrons. The van der Waals surface area contributed by atoms with Crippen LogP contribution < -0.4 is 4.31 Å². The summed E-state index contributed by atoms with van der Waals surface area (Å²) in [6.07, 6.45) is -1.66. The lowest BCUT2D eigenvalue weighted by molar-refractivity contribution is -0.137. The molecule has 2 aromatic carbocycles. The number of hydrogen-bond acceptors (Lipinski definition) is 3. The summed E-state index contributed by atoms with van der Waals surface area (Å²) in [4.78, 5) is -0.376. The zero-order chi connectivity index (χ0) is 25.5. The van der Waals surface area contributed by atoms with E-state index in [0.717, 1.165) is 28.6 Å². The number of anilines is 1. The molecule has 2 aliphatic rings. The average molecular weight is 512 g/mol. The summed E-state index contributed by atoms with van der Waals surface area (Å²) in [7, 11) is -4.45. The minimum absolute atomic E-state index is 0.0702. The smallest absolute Gasteiger partial charge is 0.259 e. The second-order valence-electron chi connectivity index (χ2n) is 9.92. The Kier molecular flexibility index (Phi) is 5.11. The Morgan fingerprint density at radius 3 is 2.11 bits per heavy atom. The van der Waals surface area contributed by atoms with E-state index in [-0.39, 0.29) is 22.1 Å². The van der Waals surface area contributed by atoms with Crippen LogP contribution in [0.4, 0.5) is 27.6 Å². The van der Waals surface area contributed by atoms with E-state index in [9.17, 15) is 30.4 Å². The van der Waals surface area contributed by atoms with Gasteiger partial charge in [-0.2, -0.15) is 18.3 Å². The molecule has 5 rings (SSSR count). The highest BCUT2D eigenvalue weighted by atomic mass is 32.2. The molecule has 1 atom stereocenters. The van der Waals surface area contributed by atoms with Gasteiger partial charge in [-0.25, -0.2) is 17.2 Å². The van der Waals surface area contributed by atoms with Gasteiger partial charge in [0.25, 0.3) is 10.0 Å². The minimum atomic E-state index is -4.63. The second-order valence-corrected chi connectivity index (χ2v) is 11.7. The molecule has 1 fully saturated rings. The molecule has 3 aromatic rings. The lowest BCUT2D eigenvalue weighted by atomic mass is 9.92. The predicted octanol–water partition coefficient (Wildman–Crippen LogP) is 6.26. The van der Waals surface area contributed by atoms with Crippen LogP contribution in [0.5, 0.6) is 0 Å². The van der Waals surface area contributed by atoms with Crippen LogP contribution in [0.3, 0.4) is 0 Å². The molecular formula is C24H22F5N3O2S. The Morgan fingerprint density at radius 2 is 1.57 bits per heavy atom. The Bertz CT molecular complexity index is 1420. The molecule has 0 saturated heterocycles. The third kappa shape index (κ3) is 3.80. The molecule has 1 aliphatic carbocycles. The van der Waals surface area contributed by atoms with Crippen LogP contribution in [0.2, 0.25) is 0 Å². The number of aromatic nitrogens is 2. The zero-order valence-corrected chi connectivity index (χ0v) is 19.9. The van der Waals surface area contributed by atoms with Crippen molar-refractivity contribution < 1.29 is 30.4 Å². The van der Waals surface area contributed by atoms with Crippen LogP contribution in [-0.4, -0.2) is 18.2 Å². The highest BCUT2D eigenvalue weighted by Crippen LogP contribution is 2.56. The van der Waals surface area contributed by atoms with E-state index < -0.39 is 45.0 Å². The molecule has 0 spiro atoms. The van der Waals surface area contributed by atoms with E-state index in [1.807, 2.05) is 20.8 Å². The quantitative estimate of drug-likeness (QED) is 0.390. The maximum Gasteiger partial charge on any atom is 0.416 e. The molecule has 0 bridgehead atoms. The molecule has 0 N–H and O–H groups in total. The van der Waals surface area contributed by atoms with Crippen LogP contribution >= 0.6 is 0 Å². The van der Waals surface area contributed by atoms with Crippen LogP contribution in [-0.2, 0) is 21.7 Å². The summed E-state index contributed by atoms with van der Waals surface area (Å²) in [6.45, 7) is 5.66. The lowest BCUT2D eigenvalue weighted by Gasteiger charge is -2.39. The zero-order valence-electron chi connectivity index (χ0n) is 19.1. The SMILES string of the molecule is CC(C)(C)n1ncc2c1-c1cc(F)c(F)cc1N(S(=O)(=O)c1ccc(C(F)(F)F)cc1)C2C1CC1. The summed E-state index contributed by atoms with van der Waals surface area (Å²) >= 11 is 0. The Hall–Kier alpha value is -2.95. The summed E-state index contributed by atoms with van der Waals surface area (Å²) in [5.41, 5.74) is -0.397. The topological polar surface area (TPSA) is 55.2 Å². The molecule has 1 saturated carbocycles. The highest BCUT2D eigenvalue weighted by Gasteiger charge is 2.49. The highest BCUT2D eigenvalue weighted by molar-refractivity contribution is 7.92. The number of fused-ring (bicyclic) bond motifs is 3.